The highest BCUT2D eigenvalue weighted by Gasteiger charge is 2.24. The molecule has 0 radical (unpaired) electrons. The van der Waals surface area contributed by atoms with Gasteiger partial charge in [0, 0.05) is 68.9 Å². The zero-order valence-electron chi connectivity index (χ0n) is 22.8. The van der Waals surface area contributed by atoms with Crippen LogP contribution in [0.4, 0.5) is 17.2 Å². The predicted molar refractivity (Wildman–Crippen MR) is 155 cm³/mol. The fraction of sp³-hybridized carbons (Fsp3) is 0.452. The fourth-order valence-corrected chi connectivity index (χ4v) is 5.92. The Morgan fingerprint density at radius 2 is 1.61 bits per heavy atom. The molecular formula is C31H39N5O2. The van der Waals surface area contributed by atoms with E-state index in [1.807, 2.05) is 41.3 Å². The van der Waals surface area contributed by atoms with Crippen molar-refractivity contribution in [1.29, 1.82) is 0 Å². The van der Waals surface area contributed by atoms with Crippen molar-refractivity contribution in [1.82, 2.24) is 9.88 Å². The van der Waals surface area contributed by atoms with Crippen molar-refractivity contribution < 1.29 is 9.59 Å². The zero-order chi connectivity index (χ0) is 26.6. The molecule has 2 fully saturated rings. The summed E-state index contributed by atoms with van der Waals surface area (Å²) < 4.78 is 0. The number of hydrogen-bond acceptors (Lipinski definition) is 5. The van der Waals surface area contributed by atoms with Crippen molar-refractivity contribution in [3.63, 3.8) is 0 Å². The van der Waals surface area contributed by atoms with E-state index in [0.29, 0.717) is 24.9 Å². The summed E-state index contributed by atoms with van der Waals surface area (Å²) >= 11 is 0. The topological polar surface area (TPSA) is 68.8 Å². The van der Waals surface area contributed by atoms with E-state index in [2.05, 4.69) is 54.1 Å². The Hall–Kier alpha value is -3.61. The molecule has 2 aliphatic heterocycles. The molecule has 7 nitrogen and oxygen atoms in total. The van der Waals surface area contributed by atoms with Crippen LogP contribution >= 0.6 is 0 Å². The molecule has 5 rings (SSSR count). The fourth-order valence-electron chi connectivity index (χ4n) is 5.92. The molecule has 3 heterocycles. The molecule has 0 saturated carbocycles. The smallest absolute Gasteiger partial charge is 0.224 e. The number of piperazine rings is 1. The Labute approximate surface area is 225 Å². The van der Waals surface area contributed by atoms with Crippen molar-refractivity contribution in [2.75, 3.05) is 54.4 Å². The summed E-state index contributed by atoms with van der Waals surface area (Å²) in [6.45, 7) is 11.8. The molecule has 0 aliphatic carbocycles. The minimum atomic E-state index is -0.140. The number of fused-ring (bicyclic) bond motifs is 1. The Bertz CT molecular complexity index is 1280. The number of aromatic nitrogens is 1. The third-order valence-electron chi connectivity index (χ3n) is 7.80. The van der Waals surface area contributed by atoms with E-state index in [-0.39, 0.29) is 24.7 Å². The van der Waals surface area contributed by atoms with Gasteiger partial charge in [0.2, 0.25) is 11.8 Å². The quantitative estimate of drug-likeness (QED) is 0.497. The second-order valence-electron chi connectivity index (χ2n) is 11.1. The van der Waals surface area contributed by atoms with Gasteiger partial charge in [0.05, 0.1) is 5.52 Å². The number of amides is 2. The van der Waals surface area contributed by atoms with Crippen molar-refractivity contribution in [2.24, 2.45) is 11.8 Å². The molecule has 0 unspecified atom stereocenters. The van der Waals surface area contributed by atoms with Crippen LogP contribution in [-0.4, -0.2) is 61.0 Å². The number of pyridine rings is 1. The lowest BCUT2D eigenvalue weighted by Crippen LogP contribution is -2.48. The Balaban J connectivity index is 1.14. The van der Waals surface area contributed by atoms with Crippen molar-refractivity contribution in [3.8, 4) is 0 Å². The van der Waals surface area contributed by atoms with Gasteiger partial charge in [0.25, 0.3) is 0 Å². The first-order valence-electron chi connectivity index (χ1n) is 13.9. The number of para-hydroxylation sites is 1. The highest BCUT2D eigenvalue weighted by molar-refractivity contribution is 5.96. The van der Waals surface area contributed by atoms with Crippen LogP contribution in [0.3, 0.4) is 0 Å². The number of aryl methyl sites for hydroxylation is 1. The number of anilines is 3. The first-order chi connectivity index (χ1) is 18.4. The maximum atomic E-state index is 12.7. The number of hydrogen-bond donors (Lipinski definition) is 1. The second kappa shape index (κ2) is 11.4. The monoisotopic (exact) mass is 513 g/mol. The lowest BCUT2D eigenvalue weighted by molar-refractivity contribution is -0.133. The van der Waals surface area contributed by atoms with Gasteiger partial charge in [0.15, 0.2) is 0 Å². The summed E-state index contributed by atoms with van der Waals surface area (Å²) in [4.78, 5) is 36.9. The Morgan fingerprint density at radius 1 is 0.895 bits per heavy atom. The molecule has 200 valence electrons. The van der Waals surface area contributed by atoms with Crippen LogP contribution < -0.4 is 15.1 Å². The highest BCUT2D eigenvalue weighted by Crippen LogP contribution is 2.29. The lowest BCUT2D eigenvalue weighted by atomic mass is 9.92. The largest absolute Gasteiger partial charge is 0.368 e. The highest BCUT2D eigenvalue weighted by atomic mass is 16.2. The van der Waals surface area contributed by atoms with E-state index in [0.717, 1.165) is 54.2 Å². The van der Waals surface area contributed by atoms with E-state index in [1.165, 1.54) is 12.1 Å². The van der Waals surface area contributed by atoms with Crippen LogP contribution in [0, 0.1) is 18.8 Å². The maximum absolute atomic E-state index is 12.7. The van der Waals surface area contributed by atoms with Gasteiger partial charge in [-0.25, -0.2) is 4.98 Å². The molecule has 2 atom stereocenters. The molecule has 2 amide bonds. The molecule has 0 spiro atoms. The van der Waals surface area contributed by atoms with E-state index < -0.39 is 0 Å². The number of nitrogens with one attached hydrogen (secondary N) is 1. The van der Waals surface area contributed by atoms with Crippen LogP contribution in [0.15, 0.2) is 54.6 Å². The molecular weight excluding hydrogens is 474 g/mol. The molecule has 0 bridgehead atoms. The van der Waals surface area contributed by atoms with Crippen LogP contribution in [0.1, 0.15) is 38.7 Å². The predicted octanol–water partition coefficient (Wildman–Crippen LogP) is 5.09. The molecule has 3 aromatic rings. The van der Waals surface area contributed by atoms with Crippen LogP contribution in [-0.2, 0) is 9.59 Å². The minimum Gasteiger partial charge on any atom is -0.368 e. The van der Waals surface area contributed by atoms with Gasteiger partial charge in [-0.05, 0) is 67.1 Å². The zero-order valence-corrected chi connectivity index (χ0v) is 22.8. The summed E-state index contributed by atoms with van der Waals surface area (Å²) in [5.41, 5.74) is 4.02. The standard InChI is InChI=1S/C31H39N5O2/c1-22-17-23(2)21-36(20-22)29-18-24(3)27-19-25(9-10-28(27)33-29)32-30(37)11-12-31(38)35-15-13-34(14-16-35)26-7-5-4-6-8-26/h4-10,18-19,22-23H,11-17,20-21H2,1-3H3,(H,32,37)/t22-,23+. The van der Waals surface area contributed by atoms with E-state index >= 15 is 0 Å². The Morgan fingerprint density at radius 3 is 2.32 bits per heavy atom. The number of carbonyl (C=O) groups is 2. The molecule has 2 aliphatic rings. The number of nitrogens with zero attached hydrogens (tertiary/aromatic N) is 4. The first kappa shape index (κ1) is 26.0. The van der Waals surface area contributed by atoms with Gasteiger partial charge in [-0.2, -0.15) is 0 Å². The minimum absolute atomic E-state index is 0.0419. The summed E-state index contributed by atoms with van der Waals surface area (Å²) in [7, 11) is 0. The summed E-state index contributed by atoms with van der Waals surface area (Å²) in [5, 5.41) is 4.02. The van der Waals surface area contributed by atoms with Gasteiger partial charge in [0.1, 0.15) is 5.82 Å². The summed E-state index contributed by atoms with van der Waals surface area (Å²) in [6.07, 6.45) is 1.67. The first-order valence-corrected chi connectivity index (χ1v) is 13.9. The van der Waals surface area contributed by atoms with Gasteiger partial charge in [-0.1, -0.05) is 32.0 Å². The van der Waals surface area contributed by atoms with Crippen LogP contribution in [0.2, 0.25) is 0 Å². The third-order valence-corrected chi connectivity index (χ3v) is 7.80. The van der Waals surface area contributed by atoms with Gasteiger partial charge in [-0.15, -0.1) is 0 Å². The second-order valence-corrected chi connectivity index (χ2v) is 11.1. The van der Waals surface area contributed by atoms with Crippen LogP contribution in [0.5, 0.6) is 0 Å². The van der Waals surface area contributed by atoms with Crippen molar-refractivity contribution >= 4 is 39.9 Å². The number of rotatable bonds is 6. The van der Waals surface area contributed by atoms with E-state index in [4.69, 9.17) is 4.98 Å². The summed E-state index contributed by atoms with van der Waals surface area (Å²) in [6, 6.07) is 18.3. The average molecular weight is 514 g/mol. The molecule has 1 N–H and O–H groups in total. The van der Waals surface area contributed by atoms with Gasteiger partial charge >= 0.3 is 0 Å². The number of carbonyl (C=O) groups excluding carboxylic acids is 2. The average Bonchev–Trinajstić information content (AvgIpc) is 2.92. The number of piperidine rings is 1. The molecule has 38 heavy (non-hydrogen) atoms. The SMILES string of the molecule is Cc1cc(N2C[C@H](C)C[C@H](C)C2)nc2ccc(NC(=O)CCC(=O)N3CCN(c4ccccc4)CC3)cc12. The van der Waals surface area contributed by atoms with Gasteiger partial charge < -0.3 is 20.0 Å². The van der Waals surface area contributed by atoms with Gasteiger partial charge in [-0.3, -0.25) is 9.59 Å². The lowest BCUT2D eigenvalue weighted by Gasteiger charge is -2.36. The molecule has 1 aromatic heterocycles. The normalized spacial score (nSPS) is 20.0. The number of benzene rings is 2. The van der Waals surface area contributed by atoms with Crippen molar-refractivity contribution in [3.05, 3.63) is 60.2 Å². The molecule has 2 aromatic carbocycles. The molecule has 7 heteroatoms. The Kier molecular flexibility index (Phi) is 7.82. The summed E-state index contributed by atoms with van der Waals surface area (Å²) in [5.74, 6) is 2.27. The third kappa shape index (κ3) is 6.09. The van der Waals surface area contributed by atoms with Crippen LogP contribution in [0.25, 0.3) is 10.9 Å². The van der Waals surface area contributed by atoms with Crippen molar-refractivity contribution in [2.45, 2.75) is 40.0 Å². The van der Waals surface area contributed by atoms with E-state index in [1.54, 1.807) is 0 Å². The van der Waals surface area contributed by atoms with E-state index in [9.17, 15) is 9.59 Å². The molecule has 2 saturated heterocycles. The maximum Gasteiger partial charge on any atom is 0.224 e.